The highest BCUT2D eigenvalue weighted by Gasteiger charge is 2.00. The molecule has 0 N–H and O–H groups in total. The molecule has 0 amide bonds. The van der Waals surface area contributed by atoms with Gasteiger partial charge in [0.25, 0.3) is 0 Å². The van der Waals surface area contributed by atoms with Crippen LogP contribution in [0.3, 0.4) is 0 Å². The summed E-state index contributed by atoms with van der Waals surface area (Å²) in [7, 11) is 0. The summed E-state index contributed by atoms with van der Waals surface area (Å²) in [6.07, 6.45) is 3.00. The van der Waals surface area contributed by atoms with Crippen LogP contribution in [0.2, 0.25) is 0 Å². The number of hydrogen-bond acceptors (Lipinski definition) is 2. The maximum Gasteiger partial charge on any atom is 0.0665 e. The molecule has 0 aliphatic carbocycles. The molecule has 0 atom stereocenters. The summed E-state index contributed by atoms with van der Waals surface area (Å²) in [4.78, 5) is 4.91. The van der Waals surface area contributed by atoms with Crippen LogP contribution >= 0.6 is 12.6 Å². The van der Waals surface area contributed by atoms with Crippen LogP contribution in [-0.2, 0) is 0 Å². The summed E-state index contributed by atoms with van der Waals surface area (Å²) >= 11 is 4.36. The van der Waals surface area contributed by atoms with Gasteiger partial charge < -0.3 is 0 Å². The van der Waals surface area contributed by atoms with E-state index < -0.39 is 0 Å². The molecule has 0 radical (unpaired) electrons. The Morgan fingerprint density at radius 1 is 1.54 bits per heavy atom. The van der Waals surface area contributed by atoms with Gasteiger partial charge in [-0.3, -0.25) is 4.99 Å². The van der Waals surface area contributed by atoms with Gasteiger partial charge in [0, 0.05) is 10.5 Å². The molecule has 0 aliphatic rings. The van der Waals surface area contributed by atoms with Crippen molar-refractivity contribution in [1.29, 1.82) is 0 Å². The maximum atomic E-state index is 4.36. The van der Waals surface area contributed by atoms with Crippen molar-refractivity contribution in [2.45, 2.75) is 18.2 Å². The van der Waals surface area contributed by atoms with E-state index in [0.29, 0.717) is 0 Å². The van der Waals surface area contributed by atoms with E-state index in [4.69, 9.17) is 0 Å². The van der Waals surface area contributed by atoms with Crippen molar-refractivity contribution in [3.63, 3.8) is 0 Å². The van der Waals surface area contributed by atoms with Gasteiger partial charge in [0.15, 0.2) is 0 Å². The molecule has 0 aliphatic heterocycles. The Bertz CT molecular complexity index is 329. The van der Waals surface area contributed by atoms with Crippen LogP contribution in [0, 0.1) is 0 Å². The Hall–Kier alpha value is -1.02. The number of aliphatic imine (C=N–C) groups is 1. The van der Waals surface area contributed by atoms with Gasteiger partial charge in [-0.25, -0.2) is 0 Å². The first-order chi connectivity index (χ1) is 6.29. The lowest BCUT2D eigenvalue weighted by Gasteiger charge is -2.03. The van der Waals surface area contributed by atoms with Crippen molar-refractivity contribution >= 4 is 25.0 Å². The minimum absolute atomic E-state index is 0.910. The second-order valence-corrected chi connectivity index (χ2v) is 3.15. The molecule has 0 aromatic heterocycles. The SMILES string of the molecule is C=N/C(=C\CC)c1ccccc1S. The van der Waals surface area contributed by atoms with Crippen molar-refractivity contribution < 1.29 is 0 Å². The van der Waals surface area contributed by atoms with Crippen molar-refractivity contribution in [2.75, 3.05) is 0 Å². The summed E-state index contributed by atoms with van der Waals surface area (Å²) < 4.78 is 0. The molecule has 0 saturated carbocycles. The Morgan fingerprint density at radius 2 is 2.23 bits per heavy atom. The summed E-state index contributed by atoms with van der Waals surface area (Å²) in [6, 6.07) is 7.88. The lowest BCUT2D eigenvalue weighted by Crippen LogP contribution is -1.82. The first-order valence-corrected chi connectivity index (χ1v) is 4.69. The van der Waals surface area contributed by atoms with E-state index >= 15 is 0 Å². The van der Waals surface area contributed by atoms with Crippen LogP contribution in [0.4, 0.5) is 0 Å². The second-order valence-electron chi connectivity index (χ2n) is 2.67. The van der Waals surface area contributed by atoms with E-state index in [2.05, 4.69) is 31.3 Å². The fourth-order valence-corrected chi connectivity index (χ4v) is 1.42. The van der Waals surface area contributed by atoms with Gasteiger partial charge >= 0.3 is 0 Å². The fraction of sp³-hybridized carbons (Fsp3) is 0.182. The van der Waals surface area contributed by atoms with Gasteiger partial charge in [0.05, 0.1) is 5.70 Å². The molecule has 0 heterocycles. The predicted molar refractivity (Wildman–Crippen MR) is 61.5 cm³/mol. The Kier molecular flexibility index (Phi) is 3.77. The van der Waals surface area contributed by atoms with Gasteiger partial charge in [-0.2, -0.15) is 0 Å². The zero-order valence-corrected chi connectivity index (χ0v) is 8.59. The summed E-state index contributed by atoms with van der Waals surface area (Å²) in [5, 5.41) is 0. The van der Waals surface area contributed by atoms with Crippen LogP contribution in [0.1, 0.15) is 18.9 Å². The number of nitrogens with zero attached hydrogens (tertiary/aromatic N) is 1. The minimum atomic E-state index is 0.910. The van der Waals surface area contributed by atoms with Gasteiger partial charge in [-0.05, 0) is 19.2 Å². The largest absolute Gasteiger partial charge is 0.264 e. The molecule has 1 rings (SSSR count). The number of benzene rings is 1. The zero-order valence-electron chi connectivity index (χ0n) is 7.70. The Balaban J connectivity index is 3.12. The maximum absolute atomic E-state index is 4.36. The average molecular weight is 191 g/mol. The monoisotopic (exact) mass is 191 g/mol. The predicted octanol–water partition coefficient (Wildman–Crippen LogP) is 3.43. The third kappa shape index (κ3) is 2.46. The summed E-state index contributed by atoms with van der Waals surface area (Å²) in [5.74, 6) is 0. The van der Waals surface area contributed by atoms with Gasteiger partial charge in [-0.1, -0.05) is 31.2 Å². The second kappa shape index (κ2) is 4.87. The smallest absolute Gasteiger partial charge is 0.0665 e. The molecule has 0 unspecified atom stereocenters. The van der Waals surface area contributed by atoms with Crippen molar-refractivity contribution in [3.05, 3.63) is 35.9 Å². The first-order valence-electron chi connectivity index (χ1n) is 4.24. The summed E-state index contributed by atoms with van der Waals surface area (Å²) in [6.45, 7) is 5.62. The fourth-order valence-electron chi connectivity index (χ4n) is 1.14. The quantitative estimate of drug-likeness (QED) is 0.555. The summed E-state index contributed by atoms with van der Waals surface area (Å²) in [5.41, 5.74) is 1.95. The van der Waals surface area contributed by atoms with Crippen molar-refractivity contribution in [1.82, 2.24) is 0 Å². The lowest BCUT2D eigenvalue weighted by molar-refractivity contribution is 1.21. The van der Waals surface area contributed by atoms with E-state index in [1.54, 1.807) is 0 Å². The van der Waals surface area contributed by atoms with Crippen LogP contribution < -0.4 is 0 Å². The number of thiol groups is 1. The van der Waals surface area contributed by atoms with Crippen LogP contribution in [0.5, 0.6) is 0 Å². The topological polar surface area (TPSA) is 12.4 Å². The van der Waals surface area contributed by atoms with Crippen LogP contribution in [0.25, 0.3) is 5.70 Å². The van der Waals surface area contributed by atoms with E-state index in [9.17, 15) is 0 Å². The molecule has 1 nitrogen and oxygen atoms in total. The van der Waals surface area contributed by atoms with E-state index in [-0.39, 0.29) is 0 Å². The first kappa shape index (κ1) is 10.1. The van der Waals surface area contributed by atoms with Gasteiger partial charge in [0.2, 0.25) is 0 Å². The number of rotatable bonds is 3. The Morgan fingerprint density at radius 3 is 2.77 bits per heavy atom. The standard InChI is InChI=1S/C11H13NS/c1-3-6-10(12-2)9-7-4-5-8-11(9)13/h4-8,13H,2-3H2,1H3/b10-6-. The molecule has 0 spiro atoms. The van der Waals surface area contributed by atoms with E-state index in [1.807, 2.05) is 30.3 Å². The third-order valence-electron chi connectivity index (χ3n) is 1.75. The van der Waals surface area contributed by atoms with Crippen LogP contribution in [0.15, 0.2) is 40.2 Å². The van der Waals surface area contributed by atoms with Crippen LogP contribution in [-0.4, -0.2) is 6.72 Å². The highest BCUT2D eigenvalue weighted by Crippen LogP contribution is 2.22. The highest BCUT2D eigenvalue weighted by atomic mass is 32.1. The molecule has 0 bridgehead atoms. The number of hydrogen-bond donors (Lipinski definition) is 1. The van der Waals surface area contributed by atoms with E-state index in [0.717, 1.165) is 22.6 Å². The zero-order chi connectivity index (χ0) is 9.68. The molecule has 1 aromatic rings. The van der Waals surface area contributed by atoms with E-state index in [1.165, 1.54) is 0 Å². The molecule has 2 heteroatoms. The molecule has 1 aromatic carbocycles. The lowest BCUT2D eigenvalue weighted by atomic mass is 10.1. The molecule has 68 valence electrons. The molecular formula is C11H13NS. The normalized spacial score (nSPS) is 11.4. The van der Waals surface area contributed by atoms with Gasteiger partial charge in [-0.15, -0.1) is 12.6 Å². The minimum Gasteiger partial charge on any atom is -0.264 e. The Labute approximate surface area is 84.6 Å². The highest BCUT2D eigenvalue weighted by molar-refractivity contribution is 7.80. The number of allylic oxidation sites excluding steroid dienone is 1. The molecule has 0 fully saturated rings. The molecule has 0 saturated heterocycles. The average Bonchev–Trinajstić information content (AvgIpc) is 2.16. The van der Waals surface area contributed by atoms with Crippen molar-refractivity contribution in [3.8, 4) is 0 Å². The molecular weight excluding hydrogens is 178 g/mol. The molecule has 13 heavy (non-hydrogen) atoms. The third-order valence-corrected chi connectivity index (χ3v) is 2.14. The van der Waals surface area contributed by atoms with Gasteiger partial charge in [0.1, 0.15) is 0 Å². The van der Waals surface area contributed by atoms with Crippen molar-refractivity contribution in [2.24, 2.45) is 4.99 Å².